The number of ether oxygens (including phenoxy) is 8. The minimum Gasteiger partial charge on any atom is -0.493 e. The van der Waals surface area contributed by atoms with Crippen LogP contribution in [0.1, 0.15) is 27.8 Å². The molecular weight excluding hydrogens is 700 g/mol. The summed E-state index contributed by atoms with van der Waals surface area (Å²) >= 11 is 0. The number of aliphatic carboxylic acids is 1. The molecule has 1 heterocycles. The molecule has 0 aliphatic carbocycles. The van der Waals surface area contributed by atoms with Crippen LogP contribution in [0.15, 0.2) is 140 Å². The molecule has 1 saturated heterocycles. The molecule has 1 aliphatic heterocycles. The van der Waals surface area contributed by atoms with E-state index in [1.807, 2.05) is 121 Å². The second-order valence-corrected chi connectivity index (χ2v) is 12.9. The molecular formula is C45H46O10. The van der Waals surface area contributed by atoms with Crippen molar-refractivity contribution in [2.75, 3.05) is 20.8 Å². The van der Waals surface area contributed by atoms with E-state index in [0.717, 1.165) is 28.3 Å². The first kappa shape index (κ1) is 39.2. The number of carbonyl (C=O) groups is 1. The van der Waals surface area contributed by atoms with Crippen LogP contribution in [0.3, 0.4) is 0 Å². The third-order valence-corrected chi connectivity index (χ3v) is 8.98. The van der Waals surface area contributed by atoms with E-state index in [2.05, 4.69) is 0 Å². The smallest absolute Gasteiger partial charge is 0.328 e. The van der Waals surface area contributed by atoms with Crippen molar-refractivity contribution in [1.82, 2.24) is 0 Å². The first-order valence-corrected chi connectivity index (χ1v) is 18.1. The molecule has 0 radical (unpaired) electrons. The largest absolute Gasteiger partial charge is 0.493 e. The minimum absolute atomic E-state index is 0.151. The fourth-order valence-corrected chi connectivity index (χ4v) is 6.24. The van der Waals surface area contributed by atoms with Gasteiger partial charge in [0, 0.05) is 6.08 Å². The number of benzene rings is 5. The molecule has 0 unspecified atom stereocenters. The molecule has 10 nitrogen and oxygen atoms in total. The van der Waals surface area contributed by atoms with Gasteiger partial charge in [-0.2, -0.15) is 0 Å². The lowest BCUT2D eigenvalue weighted by Gasteiger charge is -2.45. The number of carboxylic acids is 1. The summed E-state index contributed by atoms with van der Waals surface area (Å²) in [5.41, 5.74) is 4.46. The van der Waals surface area contributed by atoms with Gasteiger partial charge < -0.3 is 43.0 Å². The predicted octanol–water partition coefficient (Wildman–Crippen LogP) is 7.88. The number of methoxy groups -OCH3 is 2. The second-order valence-electron chi connectivity index (χ2n) is 12.9. The summed E-state index contributed by atoms with van der Waals surface area (Å²) in [4.78, 5) is 11.3. The molecule has 0 saturated carbocycles. The summed E-state index contributed by atoms with van der Waals surface area (Å²) < 4.78 is 51.7. The first-order valence-electron chi connectivity index (χ1n) is 18.1. The molecule has 55 heavy (non-hydrogen) atoms. The van der Waals surface area contributed by atoms with Crippen molar-refractivity contribution in [1.29, 1.82) is 0 Å². The quantitative estimate of drug-likeness (QED) is 0.0839. The molecule has 1 aliphatic rings. The van der Waals surface area contributed by atoms with Gasteiger partial charge in [0.1, 0.15) is 24.4 Å². The van der Waals surface area contributed by atoms with Gasteiger partial charge in [0.25, 0.3) is 0 Å². The monoisotopic (exact) mass is 746 g/mol. The van der Waals surface area contributed by atoms with E-state index < -0.39 is 36.7 Å². The van der Waals surface area contributed by atoms with Crippen molar-refractivity contribution in [3.8, 4) is 17.2 Å². The second kappa shape index (κ2) is 20.3. The Morgan fingerprint density at radius 2 is 1.05 bits per heavy atom. The zero-order valence-electron chi connectivity index (χ0n) is 30.9. The summed E-state index contributed by atoms with van der Waals surface area (Å²) in [6.45, 7) is 1.29. The van der Waals surface area contributed by atoms with Gasteiger partial charge in [-0.15, -0.1) is 0 Å². The van der Waals surface area contributed by atoms with Gasteiger partial charge in [-0.3, -0.25) is 0 Å². The third-order valence-electron chi connectivity index (χ3n) is 8.98. The Bertz CT molecular complexity index is 1900. The van der Waals surface area contributed by atoms with Gasteiger partial charge in [0.2, 0.25) is 12.0 Å². The van der Waals surface area contributed by atoms with Crippen molar-refractivity contribution in [3.05, 3.63) is 167 Å². The molecule has 0 spiro atoms. The van der Waals surface area contributed by atoms with Crippen LogP contribution in [-0.2, 0) is 54.9 Å². The van der Waals surface area contributed by atoms with E-state index >= 15 is 0 Å². The predicted molar refractivity (Wildman–Crippen MR) is 207 cm³/mol. The first-order chi connectivity index (χ1) is 27.0. The number of hydrogen-bond donors (Lipinski definition) is 1. The van der Waals surface area contributed by atoms with Crippen LogP contribution < -0.4 is 14.2 Å². The fraction of sp³-hybridized carbons (Fsp3) is 0.267. The standard InChI is InChI=1S/C45H46O10/c1-48-37-25-36(23-24-40(46)47)26-38(49-2)41(37)55-45-44(53-30-35-21-13-6-14-22-35)43(52-29-34-19-11-5-12-20-34)42(51-28-33-17-9-4-10-18-33)39(54-45)31-50-27-32-15-7-3-8-16-32/h3-26,39,42-45H,27-31H2,1-2H3,(H,46,47)/b24-23+/t39-,42-,43+,44-,45+/m1/s1. The fourth-order valence-electron chi connectivity index (χ4n) is 6.24. The van der Waals surface area contributed by atoms with Crippen molar-refractivity contribution < 1.29 is 47.8 Å². The summed E-state index contributed by atoms with van der Waals surface area (Å²) in [7, 11) is 2.99. The van der Waals surface area contributed by atoms with Crippen molar-refractivity contribution in [2.45, 2.75) is 57.1 Å². The topological polar surface area (TPSA) is 111 Å². The van der Waals surface area contributed by atoms with Crippen LogP contribution in [0.5, 0.6) is 17.2 Å². The number of hydrogen-bond acceptors (Lipinski definition) is 9. The van der Waals surface area contributed by atoms with Gasteiger partial charge in [-0.05, 0) is 46.0 Å². The van der Waals surface area contributed by atoms with E-state index in [1.165, 1.54) is 20.3 Å². The molecule has 286 valence electrons. The Balaban J connectivity index is 1.39. The highest BCUT2D eigenvalue weighted by molar-refractivity contribution is 5.85. The van der Waals surface area contributed by atoms with Crippen LogP contribution in [0.4, 0.5) is 0 Å². The average molecular weight is 747 g/mol. The van der Waals surface area contributed by atoms with Crippen molar-refractivity contribution >= 4 is 12.0 Å². The lowest BCUT2D eigenvalue weighted by molar-refractivity contribution is -0.310. The Labute approximate surface area is 321 Å². The Kier molecular flexibility index (Phi) is 14.4. The maximum atomic E-state index is 11.3. The Morgan fingerprint density at radius 1 is 0.618 bits per heavy atom. The van der Waals surface area contributed by atoms with Crippen molar-refractivity contribution in [3.63, 3.8) is 0 Å². The van der Waals surface area contributed by atoms with E-state index in [4.69, 9.17) is 37.9 Å². The molecule has 6 rings (SSSR count). The Hall–Kier alpha value is -5.49. The Morgan fingerprint density at radius 3 is 1.51 bits per heavy atom. The van der Waals surface area contributed by atoms with Gasteiger partial charge >= 0.3 is 5.97 Å². The van der Waals surface area contributed by atoms with Crippen LogP contribution in [-0.4, -0.2) is 62.6 Å². The molecule has 10 heteroatoms. The van der Waals surface area contributed by atoms with E-state index in [-0.39, 0.29) is 25.6 Å². The van der Waals surface area contributed by atoms with Gasteiger partial charge in [0.15, 0.2) is 11.5 Å². The lowest BCUT2D eigenvalue weighted by Crippen LogP contribution is -2.62. The SMILES string of the molecule is COc1cc(/C=C/C(=O)O)cc(OC)c1O[C@@H]1O[C@H](COCc2ccccc2)[C@@H](OCc2ccccc2)[C@H](OCc2ccccc2)[C@H]1OCc1ccccc1. The van der Waals surface area contributed by atoms with Gasteiger partial charge in [-0.1, -0.05) is 121 Å². The third kappa shape index (κ3) is 11.3. The maximum absolute atomic E-state index is 11.3. The minimum atomic E-state index is -1.08. The highest BCUT2D eigenvalue weighted by Gasteiger charge is 2.50. The normalized spacial score (nSPS) is 19.6. The van der Waals surface area contributed by atoms with Crippen LogP contribution in [0, 0.1) is 0 Å². The van der Waals surface area contributed by atoms with E-state index in [1.54, 1.807) is 12.1 Å². The van der Waals surface area contributed by atoms with E-state index in [9.17, 15) is 9.90 Å². The van der Waals surface area contributed by atoms with Crippen molar-refractivity contribution in [2.24, 2.45) is 0 Å². The van der Waals surface area contributed by atoms with Crippen LogP contribution in [0.2, 0.25) is 0 Å². The summed E-state index contributed by atoms with van der Waals surface area (Å²) in [5.74, 6) is -0.240. The summed E-state index contributed by atoms with van der Waals surface area (Å²) in [6, 6.07) is 42.9. The molecule has 1 N–H and O–H groups in total. The van der Waals surface area contributed by atoms with Gasteiger partial charge in [0.05, 0.1) is 47.3 Å². The number of carboxylic acid groups (broad SMARTS) is 1. The van der Waals surface area contributed by atoms with Gasteiger partial charge in [-0.25, -0.2) is 4.79 Å². The zero-order valence-corrected chi connectivity index (χ0v) is 30.9. The zero-order chi connectivity index (χ0) is 38.2. The molecule has 5 aromatic carbocycles. The molecule has 0 bridgehead atoms. The highest BCUT2D eigenvalue weighted by Crippen LogP contribution is 2.42. The van der Waals surface area contributed by atoms with Crippen LogP contribution >= 0.6 is 0 Å². The summed E-state index contributed by atoms with van der Waals surface area (Å²) in [5, 5.41) is 9.24. The summed E-state index contributed by atoms with van der Waals surface area (Å²) in [6.07, 6.45) is -1.48. The molecule has 1 fully saturated rings. The molecule has 5 atom stereocenters. The molecule has 0 aromatic heterocycles. The molecule has 0 amide bonds. The average Bonchev–Trinajstić information content (AvgIpc) is 3.23. The van der Waals surface area contributed by atoms with E-state index in [0.29, 0.717) is 30.3 Å². The highest BCUT2D eigenvalue weighted by atomic mass is 16.7. The molecule has 5 aromatic rings. The lowest BCUT2D eigenvalue weighted by atomic mass is 9.97. The number of rotatable bonds is 19. The maximum Gasteiger partial charge on any atom is 0.328 e. The van der Waals surface area contributed by atoms with Crippen LogP contribution in [0.25, 0.3) is 6.08 Å².